The monoisotopic (exact) mass is 248 g/mol. The molecule has 0 radical (unpaired) electrons. The molecular formula is C5H4BrClF2O2. The zero-order chi connectivity index (χ0) is 8.70. The first-order valence-electron chi connectivity index (χ1n) is 2.78. The van der Waals surface area contributed by atoms with Crippen molar-refractivity contribution in [2.75, 3.05) is 0 Å². The lowest BCUT2D eigenvalue weighted by Crippen LogP contribution is -2.45. The molecule has 0 aromatic heterocycles. The van der Waals surface area contributed by atoms with Crippen LogP contribution < -0.4 is 0 Å². The largest absolute Gasteiger partial charge is 0.446 e. The molecule has 1 aliphatic rings. The summed E-state index contributed by atoms with van der Waals surface area (Å²) in [6, 6.07) is 0. The first kappa shape index (κ1) is 9.19. The maximum absolute atomic E-state index is 12.1. The molecule has 1 atom stereocenters. The average molecular weight is 249 g/mol. The van der Waals surface area contributed by atoms with Crippen LogP contribution in [0.5, 0.6) is 0 Å². The van der Waals surface area contributed by atoms with E-state index in [9.17, 15) is 13.6 Å². The highest BCUT2D eigenvalue weighted by atomic mass is 79.9. The molecule has 1 unspecified atom stereocenters. The smallest absolute Gasteiger partial charge is 0.326 e. The Morgan fingerprint density at radius 3 is 2.55 bits per heavy atom. The Hall–Kier alpha value is 0.1000. The minimum absolute atomic E-state index is 0.0602. The van der Waals surface area contributed by atoms with Crippen molar-refractivity contribution in [2.24, 2.45) is 0 Å². The zero-order valence-electron chi connectivity index (χ0n) is 5.24. The van der Waals surface area contributed by atoms with Crippen molar-refractivity contribution in [3.63, 3.8) is 0 Å². The lowest BCUT2D eigenvalue weighted by Gasteiger charge is -2.35. The van der Waals surface area contributed by atoms with Gasteiger partial charge in [0.1, 0.15) is 0 Å². The Morgan fingerprint density at radius 2 is 2.27 bits per heavy atom. The highest BCUT2D eigenvalue weighted by Gasteiger charge is 2.50. The minimum atomic E-state index is -3.33. The number of carbonyl (C=O) groups excluding carboxylic acids is 1. The van der Waals surface area contributed by atoms with Crippen molar-refractivity contribution in [3.8, 4) is 0 Å². The number of hydrogen-bond acceptors (Lipinski definition) is 2. The number of halogens is 4. The second-order valence-corrected chi connectivity index (χ2v) is 4.32. The zero-order valence-corrected chi connectivity index (χ0v) is 7.58. The van der Waals surface area contributed by atoms with E-state index < -0.39 is 22.3 Å². The van der Waals surface area contributed by atoms with E-state index in [1.54, 1.807) is 0 Å². The van der Waals surface area contributed by atoms with Gasteiger partial charge >= 0.3 is 11.4 Å². The van der Waals surface area contributed by atoms with Gasteiger partial charge in [-0.05, 0) is 27.5 Å². The van der Waals surface area contributed by atoms with Crippen LogP contribution in [-0.4, -0.2) is 15.9 Å². The standard InChI is InChI=1S/C5H4BrClF2O2/c6-4(1-3(10)11-4)2-5(7,8)9/h1-2H2. The van der Waals surface area contributed by atoms with Crippen LogP contribution in [0.15, 0.2) is 0 Å². The predicted octanol–water partition coefficient (Wildman–Crippen LogP) is 2.25. The number of rotatable bonds is 2. The number of ether oxygens (including phenoxy) is 1. The van der Waals surface area contributed by atoms with Gasteiger partial charge in [-0.2, -0.15) is 8.78 Å². The van der Waals surface area contributed by atoms with Gasteiger partial charge in [-0.25, -0.2) is 0 Å². The van der Waals surface area contributed by atoms with E-state index in [1.807, 2.05) is 0 Å². The summed E-state index contributed by atoms with van der Waals surface area (Å²) >= 11 is 7.46. The molecule has 6 heteroatoms. The number of cyclic esters (lactones) is 1. The van der Waals surface area contributed by atoms with Crippen molar-refractivity contribution in [1.29, 1.82) is 0 Å². The number of esters is 1. The molecule has 0 bridgehead atoms. The van der Waals surface area contributed by atoms with E-state index in [-0.39, 0.29) is 6.42 Å². The van der Waals surface area contributed by atoms with Crippen LogP contribution in [0.4, 0.5) is 8.78 Å². The highest BCUT2D eigenvalue weighted by Crippen LogP contribution is 2.43. The third kappa shape index (κ3) is 2.56. The summed E-state index contributed by atoms with van der Waals surface area (Å²) in [4.78, 5) is 10.3. The van der Waals surface area contributed by atoms with E-state index >= 15 is 0 Å². The van der Waals surface area contributed by atoms with Gasteiger partial charge in [0.2, 0.25) is 0 Å². The van der Waals surface area contributed by atoms with E-state index in [2.05, 4.69) is 32.3 Å². The van der Waals surface area contributed by atoms with Gasteiger partial charge in [0.05, 0.1) is 12.8 Å². The SMILES string of the molecule is O=C1CC(Br)(CC(F)(F)Cl)O1. The quantitative estimate of drug-likeness (QED) is 0.554. The predicted molar refractivity (Wildman–Crippen MR) is 37.8 cm³/mol. The molecule has 0 N–H and O–H groups in total. The highest BCUT2D eigenvalue weighted by molar-refractivity contribution is 9.10. The van der Waals surface area contributed by atoms with Crippen LogP contribution in [0.2, 0.25) is 0 Å². The summed E-state index contributed by atoms with van der Waals surface area (Å²) in [5.41, 5.74) is 0. The molecule has 0 aromatic rings. The summed E-state index contributed by atoms with van der Waals surface area (Å²) in [7, 11) is 0. The topological polar surface area (TPSA) is 26.3 Å². The lowest BCUT2D eigenvalue weighted by molar-refractivity contribution is -0.178. The first-order valence-corrected chi connectivity index (χ1v) is 3.95. The van der Waals surface area contributed by atoms with Gasteiger partial charge < -0.3 is 4.74 Å². The van der Waals surface area contributed by atoms with Gasteiger partial charge in [-0.3, -0.25) is 4.79 Å². The van der Waals surface area contributed by atoms with Crippen LogP contribution in [-0.2, 0) is 9.53 Å². The molecule has 11 heavy (non-hydrogen) atoms. The fraction of sp³-hybridized carbons (Fsp3) is 0.800. The maximum Gasteiger partial charge on any atom is 0.326 e. The second kappa shape index (κ2) is 2.55. The Labute approximate surface area is 75.0 Å². The molecule has 2 nitrogen and oxygen atoms in total. The third-order valence-electron chi connectivity index (χ3n) is 1.17. The molecule has 0 amide bonds. The molecule has 1 aliphatic heterocycles. The Balaban J connectivity index is 2.44. The molecule has 0 saturated carbocycles. The Morgan fingerprint density at radius 1 is 1.82 bits per heavy atom. The third-order valence-corrected chi connectivity index (χ3v) is 2.03. The van der Waals surface area contributed by atoms with Crippen molar-refractivity contribution in [2.45, 2.75) is 22.7 Å². The minimum Gasteiger partial charge on any atom is -0.446 e. The van der Waals surface area contributed by atoms with Gasteiger partial charge in [0.15, 0.2) is 4.51 Å². The summed E-state index contributed by atoms with van der Waals surface area (Å²) in [6.45, 7) is 0. The van der Waals surface area contributed by atoms with E-state index in [1.165, 1.54) is 0 Å². The summed E-state index contributed by atoms with van der Waals surface area (Å²) < 4.78 is 27.4. The van der Waals surface area contributed by atoms with Crippen LogP contribution in [0.25, 0.3) is 0 Å². The second-order valence-electron chi connectivity index (χ2n) is 2.33. The molecule has 1 saturated heterocycles. The summed E-state index contributed by atoms with van der Waals surface area (Å²) in [6.07, 6.45) is -0.761. The Bertz CT molecular complexity index is 183. The van der Waals surface area contributed by atoms with Gasteiger partial charge in [0, 0.05) is 0 Å². The van der Waals surface area contributed by atoms with E-state index in [4.69, 9.17) is 0 Å². The molecule has 1 fully saturated rings. The van der Waals surface area contributed by atoms with Crippen molar-refractivity contribution in [3.05, 3.63) is 0 Å². The van der Waals surface area contributed by atoms with Crippen LogP contribution in [0.3, 0.4) is 0 Å². The normalized spacial score (nSPS) is 31.1. The molecule has 0 aliphatic carbocycles. The molecule has 0 spiro atoms. The maximum atomic E-state index is 12.1. The van der Waals surface area contributed by atoms with Crippen LogP contribution in [0, 0.1) is 0 Å². The molecular weight excluding hydrogens is 245 g/mol. The van der Waals surface area contributed by atoms with Crippen LogP contribution in [0.1, 0.15) is 12.8 Å². The van der Waals surface area contributed by atoms with Crippen molar-refractivity contribution < 1.29 is 18.3 Å². The van der Waals surface area contributed by atoms with Gasteiger partial charge in [0.25, 0.3) is 0 Å². The summed E-state index contributed by atoms with van der Waals surface area (Å²) in [5.74, 6) is -0.497. The summed E-state index contributed by atoms with van der Waals surface area (Å²) in [5, 5.41) is -3.33. The fourth-order valence-electron chi connectivity index (χ4n) is 0.809. The van der Waals surface area contributed by atoms with Gasteiger partial charge in [-0.15, -0.1) is 0 Å². The molecule has 0 aromatic carbocycles. The molecule has 1 heterocycles. The van der Waals surface area contributed by atoms with E-state index in [0.29, 0.717) is 0 Å². The number of carbonyl (C=O) groups is 1. The van der Waals surface area contributed by atoms with E-state index in [0.717, 1.165) is 0 Å². The number of alkyl halides is 4. The average Bonchev–Trinajstić information content (AvgIpc) is 1.53. The number of hydrogen-bond donors (Lipinski definition) is 0. The molecule has 1 rings (SSSR count). The van der Waals surface area contributed by atoms with Crippen molar-refractivity contribution in [1.82, 2.24) is 0 Å². The van der Waals surface area contributed by atoms with Crippen molar-refractivity contribution >= 4 is 33.5 Å². The Kier molecular flexibility index (Phi) is 2.13. The first-order chi connectivity index (χ1) is 4.81. The van der Waals surface area contributed by atoms with Gasteiger partial charge in [-0.1, -0.05) is 0 Å². The fourth-order valence-corrected chi connectivity index (χ4v) is 1.95. The lowest BCUT2D eigenvalue weighted by atomic mass is 10.1. The molecule has 64 valence electrons. The van der Waals surface area contributed by atoms with Crippen LogP contribution >= 0.6 is 27.5 Å².